The lowest BCUT2D eigenvalue weighted by Gasteiger charge is -2.03. The van der Waals surface area contributed by atoms with Crippen molar-refractivity contribution in [3.63, 3.8) is 0 Å². The van der Waals surface area contributed by atoms with Gasteiger partial charge in [0.05, 0.1) is 3.79 Å². The van der Waals surface area contributed by atoms with E-state index in [9.17, 15) is 0 Å². The molecule has 0 aromatic carbocycles. The molecule has 6 heteroatoms. The lowest BCUT2D eigenvalue weighted by atomic mass is 10.3. The van der Waals surface area contributed by atoms with E-state index in [1.807, 2.05) is 0 Å². The Morgan fingerprint density at radius 2 is 2.38 bits per heavy atom. The fraction of sp³-hybridized carbons (Fsp3) is 0.400. The second-order valence-electron chi connectivity index (χ2n) is 3.41. The van der Waals surface area contributed by atoms with E-state index in [1.165, 1.54) is 8.66 Å². The average molecular weight is 318 g/mol. The molecule has 16 heavy (non-hydrogen) atoms. The Hall–Kier alpha value is -0.460. The van der Waals surface area contributed by atoms with Crippen molar-refractivity contribution < 1.29 is 0 Å². The second kappa shape index (κ2) is 5.25. The minimum absolute atomic E-state index is 0.715. The number of hydrogen-bond acceptors (Lipinski definition) is 3. The molecule has 86 valence electrons. The molecule has 2 heterocycles. The Morgan fingerprint density at radius 1 is 1.56 bits per heavy atom. The predicted octanol–water partition coefficient (Wildman–Crippen LogP) is 3.57. The van der Waals surface area contributed by atoms with Gasteiger partial charge < -0.3 is 4.57 Å². The zero-order valence-corrected chi connectivity index (χ0v) is 12.1. The lowest BCUT2D eigenvalue weighted by molar-refractivity contribution is 0.653. The first kappa shape index (κ1) is 12.0. The smallest absolute Gasteiger partial charge is 0.195 e. The second-order valence-corrected chi connectivity index (χ2v) is 6.34. The average Bonchev–Trinajstić information content (AvgIpc) is 2.82. The van der Waals surface area contributed by atoms with E-state index < -0.39 is 0 Å². The first-order valence-electron chi connectivity index (χ1n) is 5.09. The number of aryl methyl sites for hydroxylation is 2. The summed E-state index contributed by atoms with van der Waals surface area (Å²) in [5.74, 6) is 1.03. The third-order valence-electron chi connectivity index (χ3n) is 2.36. The summed E-state index contributed by atoms with van der Waals surface area (Å²) in [5.41, 5.74) is 0. The molecule has 0 aliphatic carbocycles. The van der Waals surface area contributed by atoms with Crippen LogP contribution in [-0.4, -0.2) is 14.8 Å². The first-order chi connectivity index (χ1) is 7.70. The summed E-state index contributed by atoms with van der Waals surface area (Å²) in [7, 11) is 0. The Morgan fingerprint density at radius 3 is 3.00 bits per heavy atom. The van der Waals surface area contributed by atoms with Gasteiger partial charge in [-0.1, -0.05) is 6.92 Å². The molecule has 2 aromatic rings. The van der Waals surface area contributed by atoms with E-state index in [-0.39, 0.29) is 0 Å². The highest BCUT2D eigenvalue weighted by Gasteiger charge is 2.04. The molecule has 0 saturated heterocycles. The van der Waals surface area contributed by atoms with Crippen LogP contribution in [0.1, 0.15) is 17.6 Å². The molecule has 0 saturated carbocycles. The van der Waals surface area contributed by atoms with Gasteiger partial charge in [0.25, 0.3) is 0 Å². The topological polar surface area (TPSA) is 33.6 Å². The molecule has 2 aromatic heterocycles. The number of H-pyrrole nitrogens is 1. The number of aromatic nitrogens is 3. The highest BCUT2D eigenvalue weighted by molar-refractivity contribution is 9.11. The van der Waals surface area contributed by atoms with Gasteiger partial charge in [-0.25, -0.2) is 0 Å². The summed E-state index contributed by atoms with van der Waals surface area (Å²) in [6.07, 6.45) is 1.90. The van der Waals surface area contributed by atoms with E-state index in [4.69, 9.17) is 12.2 Å². The van der Waals surface area contributed by atoms with Crippen molar-refractivity contribution in [2.24, 2.45) is 0 Å². The van der Waals surface area contributed by atoms with E-state index >= 15 is 0 Å². The van der Waals surface area contributed by atoms with Gasteiger partial charge in [0.2, 0.25) is 0 Å². The maximum Gasteiger partial charge on any atom is 0.195 e. The fourth-order valence-corrected chi connectivity index (χ4v) is 3.27. The van der Waals surface area contributed by atoms with E-state index in [0.717, 1.165) is 25.2 Å². The van der Waals surface area contributed by atoms with Gasteiger partial charge in [0.15, 0.2) is 4.77 Å². The van der Waals surface area contributed by atoms with Gasteiger partial charge in [-0.05, 0) is 46.7 Å². The number of aromatic amines is 1. The summed E-state index contributed by atoms with van der Waals surface area (Å²) < 4.78 is 3.96. The molecule has 2 rings (SSSR count). The third kappa shape index (κ3) is 2.61. The summed E-state index contributed by atoms with van der Waals surface area (Å²) in [4.78, 5) is 1.36. The van der Waals surface area contributed by atoms with Gasteiger partial charge in [-0.3, -0.25) is 5.10 Å². The maximum atomic E-state index is 5.20. The summed E-state index contributed by atoms with van der Waals surface area (Å²) in [5, 5.41) is 7.03. The third-order valence-corrected chi connectivity index (χ3v) is 4.36. The van der Waals surface area contributed by atoms with E-state index in [0.29, 0.717) is 4.77 Å². The van der Waals surface area contributed by atoms with Gasteiger partial charge >= 0.3 is 0 Å². The van der Waals surface area contributed by atoms with Crippen molar-refractivity contribution >= 4 is 39.5 Å². The Balaban J connectivity index is 2.09. The van der Waals surface area contributed by atoms with Crippen molar-refractivity contribution in [3.05, 3.63) is 31.4 Å². The molecule has 0 aliphatic heterocycles. The minimum Gasteiger partial charge on any atom is -0.304 e. The molecular weight excluding hydrogens is 306 g/mol. The summed E-state index contributed by atoms with van der Waals surface area (Å²) in [6.45, 7) is 2.98. The number of nitrogens with one attached hydrogen (secondary N) is 1. The van der Waals surface area contributed by atoms with E-state index in [1.54, 1.807) is 11.3 Å². The van der Waals surface area contributed by atoms with Crippen molar-refractivity contribution in [2.45, 2.75) is 26.3 Å². The molecule has 0 unspecified atom stereocenters. The van der Waals surface area contributed by atoms with Gasteiger partial charge in [0, 0.05) is 17.8 Å². The zero-order chi connectivity index (χ0) is 11.5. The van der Waals surface area contributed by atoms with Crippen LogP contribution < -0.4 is 0 Å². The molecule has 0 radical (unpaired) electrons. The van der Waals surface area contributed by atoms with Crippen LogP contribution in [0.15, 0.2) is 15.9 Å². The molecular formula is C10H12BrN3S2. The maximum absolute atomic E-state index is 5.20. The first-order valence-corrected chi connectivity index (χ1v) is 7.10. The molecule has 0 bridgehead atoms. The van der Waals surface area contributed by atoms with E-state index in [2.05, 4.69) is 49.8 Å². The Kier molecular flexibility index (Phi) is 3.94. The minimum atomic E-state index is 0.715. The SMILES string of the molecule is CCc1n[nH]c(=S)n1CCc1ccc(Br)s1. The van der Waals surface area contributed by atoms with Crippen molar-refractivity contribution in [1.82, 2.24) is 14.8 Å². The van der Waals surface area contributed by atoms with Crippen LogP contribution >= 0.6 is 39.5 Å². The molecule has 0 fully saturated rings. The van der Waals surface area contributed by atoms with Crippen LogP contribution in [-0.2, 0) is 19.4 Å². The normalized spacial score (nSPS) is 10.9. The van der Waals surface area contributed by atoms with Crippen molar-refractivity contribution in [2.75, 3.05) is 0 Å². The van der Waals surface area contributed by atoms with Crippen molar-refractivity contribution in [3.8, 4) is 0 Å². The van der Waals surface area contributed by atoms with Crippen LogP contribution in [0.5, 0.6) is 0 Å². The summed E-state index contributed by atoms with van der Waals surface area (Å²) in [6, 6.07) is 4.22. The monoisotopic (exact) mass is 317 g/mol. The van der Waals surface area contributed by atoms with Crippen molar-refractivity contribution in [1.29, 1.82) is 0 Å². The predicted molar refractivity (Wildman–Crippen MR) is 72.5 cm³/mol. The number of rotatable bonds is 4. The highest BCUT2D eigenvalue weighted by atomic mass is 79.9. The number of halogens is 1. The largest absolute Gasteiger partial charge is 0.304 e. The number of thiophene rings is 1. The van der Waals surface area contributed by atoms with Gasteiger partial charge in [-0.15, -0.1) is 11.3 Å². The molecule has 0 spiro atoms. The van der Waals surface area contributed by atoms with Gasteiger partial charge in [0.1, 0.15) is 5.82 Å². The molecule has 0 aliphatic rings. The number of hydrogen-bond donors (Lipinski definition) is 1. The lowest BCUT2D eigenvalue weighted by Crippen LogP contribution is -2.05. The van der Waals surface area contributed by atoms with Crippen LogP contribution in [0.3, 0.4) is 0 Å². The van der Waals surface area contributed by atoms with Crippen LogP contribution in [0.25, 0.3) is 0 Å². The Bertz CT molecular complexity index is 526. The summed E-state index contributed by atoms with van der Waals surface area (Å²) >= 11 is 10.4. The highest BCUT2D eigenvalue weighted by Crippen LogP contribution is 2.22. The van der Waals surface area contributed by atoms with Crippen LogP contribution in [0, 0.1) is 4.77 Å². The molecule has 1 N–H and O–H groups in total. The molecule has 0 atom stereocenters. The Labute approximate surface area is 112 Å². The molecule has 3 nitrogen and oxygen atoms in total. The zero-order valence-electron chi connectivity index (χ0n) is 8.86. The standard InChI is InChI=1S/C10H12BrN3S2/c1-2-9-12-13-10(15)14(9)6-5-7-3-4-8(11)16-7/h3-4H,2,5-6H2,1H3,(H,13,15). The molecule has 0 amide bonds. The fourth-order valence-electron chi connectivity index (χ4n) is 1.56. The van der Waals surface area contributed by atoms with Gasteiger partial charge in [-0.2, -0.15) is 5.10 Å². The quantitative estimate of drug-likeness (QED) is 0.875. The van der Waals surface area contributed by atoms with Crippen LogP contribution in [0.4, 0.5) is 0 Å². The van der Waals surface area contributed by atoms with Crippen LogP contribution in [0.2, 0.25) is 0 Å². The number of nitrogens with zero attached hydrogens (tertiary/aromatic N) is 2.